The average molecular weight is 829 g/mol. The zero-order chi connectivity index (χ0) is 43.7. The lowest BCUT2D eigenvalue weighted by Gasteiger charge is -2.18. The van der Waals surface area contributed by atoms with Gasteiger partial charge in [0.15, 0.2) is 6.10 Å². The summed E-state index contributed by atoms with van der Waals surface area (Å²) in [6, 6.07) is 0. The minimum absolute atomic E-state index is 0.123. The second kappa shape index (κ2) is 47.5. The van der Waals surface area contributed by atoms with Crippen LogP contribution in [0.15, 0.2) is 122 Å². The predicted molar refractivity (Wildman–Crippen MR) is 256 cm³/mol. The summed E-state index contributed by atoms with van der Waals surface area (Å²) in [6.07, 6.45) is 64.7. The van der Waals surface area contributed by atoms with Gasteiger partial charge in [-0.15, -0.1) is 0 Å². The number of hydrogen-bond donors (Lipinski definition) is 0. The van der Waals surface area contributed by atoms with E-state index < -0.39 is 12.1 Å². The summed E-state index contributed by atoms with van der Waals surface area (Å²) in [5.74, 6) is -1.04. The first-order chi connectivity index (χ1) is 29.5. The van der Waals surface area contributed by atoms with Gasteiger partial charge in [0.05, 0.1) is 0 Å². The second-order valence-electron chi connectivity index (χ2n) is 15.1. The van der Waals surface area contributed by atoms with Gasteiger partial charge in [0.1, 0.15) is 13.2 Å². The molecule has 0 amide bonds. The molecular formula is C54H84O6. The number of unbranched alkanes of at least 4 members (excludes halogenated alkanes) is 16. The molecule has 0 saturated carbocycles. The molecule has 0 radical (unpaired) electrons. The monoisotopic (exact) mass is 829 g/mol. The van der Waals surface area contributed by atoms with Gasteiger partial charge < -0.3 is 14.2 Å². The van der Waals surface area contributed by atoms with Gasteiger partial charge in [-0.3, -0.25) is 14.4 Å². The molecule has 0 aliphatic rings. The van der Waals surface area contributed by atoms with Crippen molar-refractivity contribution in [3.05, 3.63) is 122 Å². The number of carbonyl (C=O) groups is 3. The van der Waals surface area contributed by atoms with Crippen LogP contribution in [0.5, 0.6) is 0 Å². The third-order valence-corrected chi connectivity index (χ3v) is 9.39. The molecule has 0 aliphatic heterocycles. The largest absolute Gasteiger partial charge is 0.462 e. The molecule has 0 saturated heterocycles. The lowest BCUT2D eigenvalue weighted by atomic mass is 10.1. The Labute approximate surface area is 367 Å². The maximum atomic E-state index is 12.7. The van der Waals surface area contributed by atoms with Crippen LogP contribution in [0.3, 0.4) is 0 Å². The smallest absolute Gasteiger partial charge is 0.306 e. The average Bonchev–Trinajstić information content (AvgIpc) is 3.24. The molecule has 0 aromatic heterocycles. The Morgan fingerprint density at radius 1 is 0.350 bits per heavy atom. The summed E-state index contributed by atoms with van der Waals surface area (Å²) < 4.78 is 16.6. The van der Waals surface area contributed by atoms with Crippen LogP contribution >= 0.6 is 0 Å². The van der Waals surface area contributed by atoms with E-state index in [4.69, 9.17) is 14.2 Å². The first-order valence-electron chi connectivity index (χ1n) is 23.7. The van der Waals surface area contributed by atoms with Crippen LogP contribution in [0.2, 0.25) is 0 Å². The fraction of sp³-hybridized carbons (Fsp3) is 0.574. The maximum Gasteiger partial charge on any atom is 0.306 e. The van der Waals surface area contributed by atoms with Crippen LogP contribution in [-0.4, -0.2) is 37.2 Å². The molecule has 0 aromatic carbocycles. The summed E-state index contributed by atoms with van der Waals surface area (Å²) in [5, 5.41) is 0. The second-order valence-corrected chi connectivity index (χ2v) is 15.1. The van der Waals surface area contributed by atoms with Gasteiger partial charge in [-0.2, -0.15) is 0 Å². The van der Waals surface area contributed by atoms with Crippen molar-refractivity contribution in [3.63, 3.8) is 0 Å². The molecule has 1 unspecified atom stereocenters. The first-order valence-corrected chi connectivity index (χ1v) is 23.7. The van der Waals surface area contributed by atoms with Gasteiger partial charge >= 0.3 is 17.9 Å². The van der Waals surface area contributed by atoms with Crippen molar-refractivity contribution in [2.75, 3.05) is 13.2 Å². The fourth-order valence-electron chi connectivity index (χ4n) is 5.82. The van der Waals surface area contributed by atoms with E-state index in [9.17, 15) is 14.4 Å². The molecule has 0 aromatic rings. The Morgan fingerprint density at radius 2 is 0.700 bits per heavy atom. The van der Waals surface area contributed by atoms with Gasteiger partial charge in [-0.05, 0) is 77.0 Å². The van der Waals surface area contributed by atoms with Crippen molar-refractivity contribution in [1.29, 1.82) is 0 Å². The number of ether oxygens (including phenoxy) is 3. The van der Waals surface area contributed by atoms with E-state index in [0.717, 1.165) is 89.9 Å². The fourth-order valence-corrected chi connectivity index (χ4v) is 5.82. The van der Waals surface area contributed by atoms with E-state index in [1.54, 1.807) is 0 Å². The Hall–Kier alpha value is -4.19. The maximum absolute atomic E-state index is 12.7. The molecule has 6 nitrogen and oxygen atoms in total. The van der Waals surface area contributed by atoms with Gasteiger partial charge in [-0.1, -0.05) is 206 Å². The summed E-state index contributed by atoms with van der Waals surface area (Å²) in [7, 11) is 0. The van der Waals surface area contributed by atoms with E-state index in [2.05, 4.69) is 87.6 Å². The number of esters is 3. The van der Waals surface area contributed by atoms with Crippen molar-refractivity contribution in [3.8, 4) is 0 Å². The zero-order valence-electron chi connectivity index (χ0n) is 38.2. The molecule has 1 atom stereocenters. The SMILES string of the molecule is CC\C=C/C=C\C=C/C=C\C=C/CCCC(=O)OC(COC(=O)CCCCCCC\C=C/C=C\C=C/C=C\CCCCC)COC(=O)CCCCCCC/C=C\CCCC. The highest BCUT2D eigenvalue weighted by Gasteiger charge is 2.19. The normalized spacial score (nSPS) is 13.2. The van der Waals surface area contributed by atoms with Crippen LogP contribution in [0.1, 0.15) is 181 Å². The Morgan fingerprint density at radius 3 is 1.17 bits per heavy atom. The summed E-state index contributed by atoms with van der Waals surface area (Å²) >= 11 is 0. The standard InChI is InChI=1S/C54H84O6/c1-4-7-10-13-16-19-22-24-25-26-27-28-30-32-35-38-41-44-47-53(56)59-50-51(49-58-52(55)46-43-40-37-34-31-21-18-15-12-9-6-3)60-54(57)48-45-42-39-36-33-29-23-20-17-14-11-8-5-2/h8,11,14-20,22-29,33,36,39,51H,4-7,9-10,12-13,21,30-32,34-35,37-38,40-50H2,1-3H3/b11-8-,17-14-,18-15-,19-16-,23-20-,24-22-,26-25-,28-27-,33-29-,39-36-. The predicted octanol–water partition coefficient (Wildman–Crippen LogP) is 15.4. The number of carbonyl (C=O) groups excluding carboxylic acids is 3. The molecule has 0 heterocycles. The Bertz CT molecular complexity index is 1320. The van der Waals surface area contributed by atoms with Crippen molar-refractivity contribution >= 4 is 17.9 Å². The van der Waals surface area contributed by atoms with Gasteiger partial charge in [-0.25, -0.2) is 0 Å². The topological polar surface area (TPSA) is 78.9 Å². The zero-order valence-corrected chi connectivity index (χ0v) is 38.2. The molecule has 0 aliphatic carbocycles. The highest BCUT2D eigenvalue weighted by Crippen LogP contribution is 2.12. The van der Waals surface area contributed by atoms with E-state index in [1.165, 1.54) is 44.9 Å². The molecule has 0 bridgehead atoms. The van der Waals surface area contributed by atoms with Crippen LogP contribution in [0, 0.1) is 0 Å². The summed E-state index contributed by atoms with van der Waals surface area (Å²) in [4.78, 5) is 37.8. The van der Waals surface area contributed by atoms with Crippen molar-refractivity contribution < 1.29 is 28.6 Å². The molecule has 0 N–H and O–H groups in total. The van der Waals surface area contributed by atoms with Crippen LogP contribution in [0.25, 0.3) is 0 Å². The summed E-state index contributed by atoms with van der Waals surface area (Å²) in [5.41, 5.74) is 0. The highest BCUT2D eigenvalue weighted by atomic mass is 16.6. The van der Waals surface area contributed by atoms with Gasteiger partial charge in [0, 0.05) is 19.3 Å². The number of hydrogen-bond acceptors (Lipinski definition) is 6. The Balaban J connectivity index is 4.56. The minimum Gasteiger partial charge on any atom is -0.462 e. The molecule has 0 rings (SSSR count). The van der Waals surface area contributed by atoms with E-state index in [0.29, 0.717) is 19.3 Å². The van der Waals surface area contributed by atoms with Gasteiger partial charge in [0.2, 0.25) is 0 Å². The molecule has 336 valence electrons. The number of rotatable bonds is 40. The quantitative estimate of drug-likeness (QED) is 0.0201. The molecule has 0 fully saturated rings. The van der Waals surface area contributed by atoms with E-state index in [1.807, 2.05) is 54.7 Å². The lowest BCUT2D eigenvalue weighted by Crippen LogP contribution is -2.30. The van der Waals surface area contributed by atoms with Crippen LogP contribution in [0.4, 0.5) is 0 Å². The number of allylic oxidation sites excluding steroid dienone is 20. The van der Waals surface area contributed by atoms with Crippen molar-refractivity contribution in [2.45, 2.75) is 187 Å². The van der Waals surface area contributed by atoms with Crippen LogP contribution in [-0.2, 0) is 28.6 Å². The van der Waals surface area contributed by atoms with E-state index >= 15 is 0 Å². The Kier molecular flexibility index (Phi) is 44.2. The van der Waals surface area contributed by atoms with Crippen LogP contribution < -0.4 is 0 Å². The minimum atomic E-state index is -0.830. The van der Waals surface area contributed by atoms with Crippen molar-refractivity contribution in [1.82, 2.24) is 0 Å². The lowest BCUT2D eigenvalue weighted by molar-refractivity contribution is -0.167. The van der Waals surface area contributed by atoms with Gasteiger partial charge in [0.25, 0.3) is 0 Å². The molecule has 60 heavy (non-hydrogen) atoms. The molecular weight excluding hydrogens is 745 g/mol. The molecule has 6 heteroatoms. The van der Waals surface area contributed by atoms with E-state index in [-0.39, 0.29) is 31.6 Å². The van der Waals surface area contributed by atoms with Crippen molar-refractivity contribution in [2.24, 2.45) is 0 Å². The third-order valence-electron chi connectivity index (χ3n) is 9.39. The first kappa shape index (κ1) is 55.8. The summed E-state index contributed by atoms with van der Waals surface area (Å²) in [6.45, 7) is 6.29. The third kappa shape index (κ3) is 44.9. The highest BCUT2D eigenvalue weighted by molar-refractivity contribution is 5.71. The molecule has 0 spiro atoms.